The van der Waals surface area contributed by atoms with Gasteiger partial charge in [0.1, 0.15) is 16.4 Å². The quantitative estimate of drug-likeness (QED) is 0.322. The van der Waals surface area contributed by atoms with E-state index in [-0.39, 0.29) is 17.0 Å². The molecule has 18 heavy (non-hydrogen) atoms. The second-order valence-corrected chi connectivity index (χ2v) is 5.47. The van der Waals surface area contributed by atoms with E-state index in [2.05, 4.69) is 12.7 Å². The lowest BCUT2D eigenvalue weighted by Crippen LogP contribution is -2.63. The topological polar surface area (TPSA) is 63.7 Å². The molecule has 2 aliphatic heterocycles. The van der Waals surface area contributed by atoms with E-state index in [4.69, 9.17) is 23.2 Å². The molecule has 0 aromatic rings. The van der Waals surface area contributed by atoms with Gasteiger partial charge in [-0.05, 0) is 5.57 Å². The van der Waals surface area contributed by atoms with Gasteiger partial charge in [-0.25, -0.2) is 4.79 Å². The number of nitrogens with zero attached hydrogens (tertiary/aromatic N) is 1. The first-order valence-electron chi connectivity index (χ1n) is 4.85. The average Bonchev–Trinajstić information content (AvgIpc) is 2.42. The zero-order valence-electron chi connectivity index (χ0n) is 8.89. The third-order valence-corrected chi connectivity index (χ3v) is 4.89. The molecule has 9 heteroatoms. The van der Waals surface area contributed by atoms with Gasteiger partial charge in [-0.3, -0.25) is 14.5 Å². The first-order valence-corrected chi connectivity index (χ1v) is 6.87. The van der Waals surface area contributed by atoms with Crippen molar-refractivity contribution in [1.29, 1.82) is 0 Å². The van der Waals surface area contributed by atoms with Crippen molar-refractivity contribution in [3.8, 4) is 0 Å². The van der Waals surface area contributed by atoms with Crippen LogP contribution in [0.5, 0.6) is 0 Å². The molecule has 0 spiro atoms. The maximum atomic E-state index is 11.8. The highest BCUT2D eigenvalue weighted by atomic mass is 35.5. The molecule has 2 atom stereocenters. The number of amides is 1. The van der Waals surface area contributed by atoms with Crippen LogP contribution in [0.15, 0.2) is 11.3 Å². The fraction of sp³-hybridized carbons (Fsp3) is 0.444. The van der Waals surface area contributed by atoms with Crippen LogP contribution < -0.4 is 0 Å². The smallest absolute Gasteiger partial charge is 0.379 e. The number of carbonyl (C=O) groups excluding carboxylic acids is 3. The number of halogens is 2. The normalized spacial score (nSPS) is 26.6. The Morgan fingerprint density at radius 1 is 1.56 bits per heavy atom. The fourth-order valence-corrected chi connectivity index (χ4v) is 3.80. The number of hydrogen-bond acceptors (Lipinski definition) is 5. The summed E-state index contributed by atoms with van der Waals surface area (Å²) in [5.41, 5.74) is 0.441. The average molecular weight is 306 g/mol. The molecule has 5 nitrogen and oxygen atoms in total. The van der Waals surface area contributed by atoms with E-state index >= 15 is 0 Å². The van der Waals surface area contributed by atoms with Crippen LogP contribution in [0, 0.1) is 0 Å². The zero-order valence-corrected chi connectivity index (χ0v) is 11.2. The lowest BCUT2D eigenvalue weighted by atomic mass is 10.0. The highest BCUT2D eigenvalue weighted by molar-refractivity contribution is 8.00. The van der Waals surface area contributed by atoms with Crippen molar-refractivity contribution in [2.45, 2.75) is 10.8 Å². The van der Waals surface area contributed by atoms with Crippen molar-refractivity contribution < 1.29 is 19.0 Å². The van der Waals surface area contributed by atoms with Gasteiger partial charge in [-0.15, -0.1) is 35.0 Å². The molecule has 1 saturated heterocycles. The zero-order chi connectivity index (χ0) is 13.4. The van der Waals surface area contributed by atoms with Crippen LogP contribution >= 0.6 is 35.0 Å². The Bertz CT molecular complexity index is 469. The summed E-state index contributed by atoms with van der Waals surface area (Å²) < 4.78 is 3.88. The molecule has 0 aromatic carbocycles. The standard InChI is InChI=1S/C9H6BCl2NO4S/c10-17-9(16)6(14)5-3(1-11)2-18-8-4(12)7(15)13(5)8/h4,8H,1-2H2/t4-,8-/m1/s1. The SMILES string of the molecule is [B]OC(=O)C(=O)C1=C(CCl)CS[C@@H]2[C@H](Cl)C(=O)N12. The monoisotopic (exact) mass is 305 g/mol. The Kier molecular flexibility index (Phi) is 3.94. The molecule has 2 radical (unpaired) electrons. The highest BCUT2D eigenvalue weighted by Gasteiger charge is 2.53. The van der Waals surface area contributed by atoms with Crippen LogP contribution in [0.2, 0.25) is 0 Å². The van der Waals surface area contributed by atoms with E-state index in [0.29, 0.717) is 11.3 Å². The molecule has 0 N–H and O–H groups in total. The fourth-order valence-electron chi connectivity index (χ4n) is 1.77. The second kappa shape index (κ2) is 5.15. The van der Waals surface area contributed by atoms with Gasteiger partial charge in [-0.1, -0.05) is 0 Å². The van der Waals surface area contributed by atoms with Gasteiger partial charge in [-0.2, -0.15) is 0 Å². The summed E-state index contributed by atoms with van der Waals surface area (Å²) in [6.45, 7) is 0. The number of rotatable bonds is 3. The Morgan fingerprint density at radius 2 is 2.22 bits per heavy atom. The van der Waals surface area contributed by atoms with Gasteiger partial charge in [0.15, 0.2) is 0 Å². The summed E-state index contributed by atoms with van der Waals surface area (Å²) in [5, 5.41) is -1.04. The minimum absolute atomic E-state index is 0.0371. The maximum absolute atomic E-state index is 11.8. The van der Waals surface area contributed by atoms with Gasteiger partial charge in [0, 0.05) is 11.6 Å². The lowest BCUT2D eigenvalue weighted by molar-refractivity contribution is -0.148. The largest absolute Gasteiger partial charge is 0.537 e. The Balaban J connectivity index is 2.38. The van der Waals surface area contributed by atoms with Crippen molar-refractivity contribution in [1.82, 2.24) is 4.90 Å². The van der Waals surface area contributed by atoms with Gasteiger partial charge < -0.3 is 4.65 Å². The first kappa shape index (κ1) is 13.8. The van der Waals surface area contributed by atoms with Crippen LogP contribution in [-0.2, 0) is 19.0 Å². The summed E-state index contributed by atoms with van der Waals surface area (Å²) in [6, 6.07) is 0. The molecule has 2 heterocycles. The van der Waals surface area contributed by atoms with Crippen molar-refractivity contribution in [3.05, 3.63) is 11.3 Å². The first-order chi connectivity index (χ1) is 8.52. The van der Waals surface area contributed by atoms with E-state index in [1.165, 1.54) is 16.7 Å². The number of ketones is 1. The summed E-state index contributed by atoms with van der Waals surface area (Å²) in [4.78, 5) is 35.8. The predicted octanol–water partition coefficient (Wildman–Crippen LogP) is 0.198. The number of β-lactam (4-membered cyclic amide) rings is 1. The number of thioether (sulfide) groups is 1. The van der Waals surface area contributed by atoms with Crippen molar-refractivity contribution in [2.75, 3.05) is 11.6 Å². The van der Waals surface area contributed by atoms with Crippen LogP contribution in [0.25, 0.3) is 0 Å². The number of carbonyl (C=O) groups is 3. The second-order valence-electron chi connectivity index (χ2n) is 3.63. The molecule has 94 valence electrons. The van der Waals surface area contributed by atoms with Gasteiger partial charge in [0.2, 0.25) is 5.91 Å². The van der Waals surface area contributed by atoms with Crippen molar-refractivity contribution in [3.63, 3.8) is 0 Å². The van der Waals surface area contributed by atoms with Crippen molar-refractivity contribution in [2.24, 2.45) is 0 Å². The molecule has 2 aliphatic rings. The minimum atomic E-state index is -1.23. The van der Waals surface area contributed by atoms with Gasteiger partial charge in [0.05, 0.1) is 0 Å². The van der Waals surface area contributed by atoms with E-state index in [1.807, 2.05) is 0 Å². The predicted molar refractivity (Wildman–Crippen MR) is 67.3 cm³/mol. The Hall–Kier alpha value is -0.655. The number of Topliss-reactive ketones (excluding diaryl/α,β-unsaturated/α-hetero) is 1. The summed E-state index contributed by atoms with van der Waals surface area (Å²) in [5.74, 6) is -2.17. The number of alkyl halides is 2. The van der Waals surface area contributed by atoms with Gasteiger partial charge in [0.25, 0.3) is 5.78 Å². The highest BCUT2D eigenvalue weighted by Crippen LogP contribution is 2.42. The van der Waals surface area contributed by atoms with Crippen LogP contribution in [0.1, 0.15) is 0 Å². The molecule has 0 aliphatic carbocycles. The Labute approximate surface area is 118 Å². The number of hydrogen-bond donors (Lipinski definition) is 0. The molecule has 2 rings (SSSR count). The van der Waals surface area contributed by atoms with Crippen molar-refractivity contribution >= 4 is 60.7 Å². The number of fused-ring (bicyclic) bond motifs is 1. The molecular weight excluding hydrogens is 300 g/mol. The van der Waals surface area contributed by atoms with E-state index in [9.17, 15) is 14.4 Å². The summed E-state index contributed by atoms with van der Waals surface area (Å²) in [6.07, 6.45) is 0. The van der Waals surface area contributed by atoms with Crippen LogP contribution in [-0.4, -0.2) is 53.0 Å². The molecule has 1 fully saturated rings. The van der Waals surface area contributed by atoms with Crippen LogP contribution in [0.3, 0.4) is 0 Å². The lowest BCUT2D eigenvalue weighted by Gasteiger charge is -2.47. The molecule has 0 bridgehead atoms. The van der Waals surface area contributed by atoms with E-state index in [1.54, 1.807) is 0 Å². The molecule has 0 unspecified atom stereocenters. The van der Waals surface area contributed by atoms with Crippen LogP contribution in [0.4, 0.5) is 0 Å². The summed E-state index contributed by atoms with van der Waals surface area (Å²) >= 11 is 12.9. The molecule has 1 amide bonds. The van der Waals surface area contributed by atoms with E-state index in [0.717, 1.165) is 0 Å². The molecule has 0 saturated carbocycles. The summed E-state index contributed by atoms with van der Waals surface area (Å²) in [7, 11) is 4.67. The Morgan fingerprint density at radius 3 is 2.78 bits per heavy atom. The van der Waals surface area contributed by atoms with Gasteiger partial charge >= 0.3 is 14.0 Å². The third kappa shape index (κ3) is 1.94. The minimum Gasteiger partial charge on any atom is -0.537 e. The van der Waals surface area contributed by atoms with E-state index < -0.39 is 23.0 Å². The third-order valence-electron chi connectivity index (χ3n) is 2.65. The maximum Gasteiger partial charge on any atom is 0.379 e. The molecule has 0 aromatic heterocycles. The molecular formula is C9H6BCl2NO4S.